The van der Waals surface area contributed by atoms with Gasteiger partial charge in [0.2, 0.25) is 5.95 Å². The number of para-hydroxylation sites is 1. The van der Waals surface area contributed by atoms with Crippen molar-refractivity contribution >= 4 is 61.5 Å². The van der Waals surface area contributed by atoms with Crippen LogP contribution in [0.25, 0.3) is 20.8 Å². The van der Waals surface area contributed by atoms with Crippen LogP contribution in [0.2, 0.25) is 5.02 Å². The first-order valence-corrected chi connectivity index (χ1v) is 10.9. The van der Waals surface area contributed by atoms with E-state index in [1.165, 1.54) is 22.7 Å². The molecule has 0 saturated carbocycles. The smallest absolute Gasteiger partial charge is 0.271 e. The lowest BCUT2D eigenvalue weighted by molar-refractivity contribution is 0.102. The van der Waals surface area contributed by atoms with Gasteiger partial charge in [-0.3, -0.25) is 10.1 Å². The number of nitrogens with two attached hydrogens (primary N) is 1. The quantitative estimate of drug-likeness (QED) is 0.380. The van der Waals surface area contributed by atoms with Crippen LogP contribution in [-0.2, 0) is 0 Å². The third-order valence-corrected chi connectivity index (χ3v) is 6.38. The Bertz CT molecular complexity index is 1210. The number of aromatic nitrogens is 3. The summed E-state index contributed by atoms with van der Waals surface area (Å²) in [6, 6.07) is 9.07. The number of halogens is 1. The monoisotopic (exact) mass is 460 g/mol. The number of rotatable bonds is 7. The van der Waals surface area contributed by atoms with E-state index in [0.717, 1.165) is 9.58 Å². The number of nitrogens with one attached hydrogen (secondary N) is 2. The van der Waals surface area contributed by atoms with Gasteiger partial charge in [0.1, 0.15) is 22.8 Å². The van der Waals surface area contributed by atoms with Gasteiger partial charge < -0.3 is 15.8 Å². The predicted octanol–water partition coefficient (Wildman–Crippen LogP) is 4.10. The standard InChI is InChI=1S/C19H17ClN6O2S2/c1-22-18-23-7-5-11(24-18)14-9-12(28-8-6-21)16(29-14)17(27)26-19-25-15-10(20)3-2-4-13(15)30-19/h2-5,7,9H,6,8,21H2,1H3,(H,22,23,24)(H,25,26,27). The van der Waals surface area contributed by atoms with Crippen molar-refractivity contribution in [2.75, 3.05) is 30.8 Å². The van der Waals surface area contributed by atoms with Crippen LogP contribution in [-0.4, -0.2) is 41.1 Å². The lowest BCUT2D eigenvalue weighted by Gasteiger charge is -2.05. The Balaban J connectivity index is 1.65. The number of carbonyl (C=O) groups excluding carboxylic acids is 1. The second-order valence-corrected chi connectivity index (χ2v) is 8.51. The lowest BCUT2D eigenvalue weighted by Crippen LogP contribution is -2.14. The Kier molecular flexibility index (Phi) is 6.09. The van der Waals surface area contributed by atoms with Gasteiger partial charge in [0.15, 0.2) is 5.13 Å². The second kappa shape index (κ2) is 8.92. The summed E-state index contributed by atoms with van der Waals surface area (Å²) in [6.07, 6.45) is 1.65. The van der Waals surface area contributed by atoms with Crippen molar-refractivity contribution in [1.82, 2.24) is 15.0 Å². The zero-order chi connectivity index (χ0) is 21.1. The number of benzene rings is 1. The van der Waals surface area contributed by atoms with Gasteiger partial charge in [-0.05, 0) is 18.2 Å². The summed E-state index contributed by atoms with van der Waals surface area (Å²) in [5.41, 5.74) is 6.91. The molecule has 0 atom stereocenters. The minimum atomic E-state index is -0.323. The van der Waals surface area contributed by atoms with Crippen LogP contribution in [0.15, 0.2) is 36.5 Å². The molecule has 4 rings (SSSR count). The van der Waals surface area contributed by atoms with E-state index >= 15 is 0 Å². The molecular formula is C19H17ClN6O2S2. The number of thiazole rings is 1. The fraction of sp³-hybridized carbons (Fsp3) is 0.158. The fourth-order valence-corrected chi connectivity index (χ4v) is 4.80. The van der Waals surface area contributed by atoms with Gasteiger partial charge in [0.25, 0.3) is 5.91 Å². The molecule has 0 aliphatic carbocycles. The maximum Gasteiger partial charge on any atom is 0.271 e. The molecule has 30 heavy (non-hydrogen) atoms. The summed E-state index contributed by atoms with van der Waals surface area (Å²) in [5, 5.41) is 6.75. The van der Waals surface area contributed by atoms with Crippen molar-refractivity contribution in [3.63, 3.8) is 0 Å². The third-order valence-electron chi connectivity index (χ3n) is 4.00. The van der Waals surface area contributed by atoms with Gasteiger partial charge in [-0.15, -0.1) is 11.3 Å². The van der Waals surface area contributed by atoms with Crippen LogP contribution < -0.4 is 21.1 Å². The fourth-order valence-electron chi connectivity index (χ4n) is 2.67. The third kappa shape index (κ3) is 4.21. The van der Waals surface area contributed by atoms with Crippen molar-refractivity contribution in [3.8, 4) is 16.3 Å². The molecule has 1 amide bonds. The summed E-state index contributed by atoms with van der Waals surface area (Å²) in [6.45, 7) is 0.624. The summed E-state index contributed by atoms with van der Waals surface area (Å²) >= 11 is 8.81. The van der Waals surface area contributed by atoms with Crippen LogP contribution in [0.1, 0.15) is 9.67 Å². The molecule has 3 aromatic heterocycles. The van der Waals surface area contributed by atoms with E-state index in [2.05, 4.69) is 25.6 Å². The largest absolute Gasteiger partial charge is 0.491 e. The molecule has 4 N–H and O–H groups in total. The normalized spacial score (nSPS) is 10.9. The molecule has 0 unspecified atom stereocenters. The summed E-state index contributed by atoms with van der Waals surface area (Å²) in [5.74, 6) is 0.612. The van der Waals surface area contributed by atoms with Gasteiger partial charge in [-0.25, -0.2) is 15.0 Å². The van der Waals surface area contributed by atoms with Crippen molar-refractivity contribution in [2.24, 2.45) is 5.73 Å². The van der Waals surface area contributed by atoms with Crippen LogP contribution in [0, 0.1) is 0 Å². The van der Waals surface area contributed by atoms with Crippen LogP contribution in [0.3, 0.4) is 0 Å². The number of thiophene rings is 1. The Hall–Kier alpha value is -2.79. The zero-order valence-corrected chi connectivity index (χ0v) is 18.2. The van der Waals surface area contributed by atoms with E-state index in [4.69, 9.17) is 22.1 Å². The molecule has 8 nitrogen and oxygen atoms in total. The van der Waals surface area contributed by atoms with Gasteiger partial charge in [0.05, 0.1) is 20.3 Å². The van der Waals surface area contributed by atoms with Crippen LogP contribution in [0.4, 0.5) is 11.1 Å². The van der Waals surface area contributed by atoms with Gasteiger partial charge in [-0.2, -0.15) is 0 Å². The molecule has 3 heterocycles. The number of amides is 1. The van der Waals surface area contributed by atoms with Crippen molar-refractivity contribution in [2.45, 2.75) is 0 Å². The molecule has 4 aromatic rings. The summed E-state index contributed by atoms with van der Waals surface area (Å²) in [4.78, 5) is 27.2. The van der Waals surface area contributed by atoms with E-state index < -0.39 is 0 Å². The van der Waals surface area contributed by atoms with Gasteiger partial charge in [0, 0.05) is 25.9 Å². The summed E-state index contributed by atoms with van der Waals surface area (Å²) in [7, 11) is 1.74. The molecule has 0 aliphatic heterocycles. The SMILES string of the molecule is CNc1nccc(-c2cc(OCCN)c(C(=O)Nc3nc4c(Cl)cccc4s3)s2)n1. The Morgan fingerprint density at radius 1 is 1.27 bits per heavy atom. The average Bonchev–Trinajstić information content (AvgIpc) is 3.37. The predicted molar refractivity (Wildman–Crippen MR) is 122 cm³/mol. The van der Waals surface area contributed by atoms with Gasteiger partial charge in [-0.1, -0.05) is 29.0 Å². The first-order chi connectivity index (χ1) is 14.6. The first-order valence-electron chi connectivity index (χ1n) is 8.93. The molecular weight excluding hydrogens is 444 g/mol. The average molecular weight is 461 g/mol. The molecule has 0 aliphatic rings. The minimum absolute atomic E-state index is 0.290. The van der Waals surface area contributed by atoms with Crippen molar-refractivity contribution in [3.05, 3.63) is 46.4 Å². The molecule has 11 heteroatoms. The van der Waals surface area contributed by atoms with Crippen LogP contribution >= 0.6 is 34.3 Å². The van der Waals surface area contributed by atoms with E-state index in [-0.39, 0.29) is 5.91 Å². The second-order valence-electron chi connectivity index (χ2n) is 6.02. The number of hydrogen-bond donors (Lipinski definition) is 3. The maximum atomic E-state index is 13.0. The Morgan fingerprint density at radius 2 is 2.13 bits per heavy atom. The zero-order valence-electron chi connectivity index (χ0n) is 15.8. The van der Waals surface area contributed by atoms with Crippen LogP contribution in [0.5, 0.6) is 5.75 Å². The number of carbonyl (C=O) groups is 1. The molecule has 0 fully saturated rings. The van der Waals surface area contributed by atoms with E-state index in [9.17, 15) is 4.79 Å². The highest BCUT2D eigenvalue weighted by molar-refractivity contribution is 7.22. The Labute approximate surface area is 185 Å². The number of ether oxygens (including phenoxy) is 1. The molecule has 0 spiro atoms. The van der Waals surface area contributed by atoms with E-state index in [1.807, 2.05) is 12.1 Å². The Morgan fingerprint density at radius 3 is 2.90 bits per heavy atom. The van der Waals surface area contributed by atoms with E-state index in [1.54, 1.807) is 31.4 Å². The molecule has 0 bridgehead atoms. The molecule has 0 saturated heterocycles. The van der Waals surface area contributed by atoms with Gasteiger partial charge >= 0.3 is 0 Å². The van der Waals surface area contributed by atoms with E-state index in [0.29, 0.717) is 51.1 Å². The first kappa shape index (κ1) is 20.5. The highest BCUT2D eigenvalue weighted by Crippen LogP contribution is 2.37. The van der Waals surface area contributed by atoms with Crippen molar-refractivity contribution in [1.29, 1.82) is 0 Å². The molecule has 0 radical (unpaired) electrons. The number of hydrogen-bond acceptors (Lipinski definition) is 9. The highest BCUT2D eigenvalue weighted by atomic mass is 35.5. The number of anilines is 2. The number of fused-ring (bicyclic) bond motifs is 1. The summed E-state index contributed by atoms with van der Waals surface area (Å²) < 4.78 is 6.60. The topological polar surface area (TPSA) is 115 Å². The molecule has 154 valence electrons. The number of nitrogens with zero attached hydrogens (tertiary/aromatic N) is 3. The highest BCUT2D eigenvalue weighted by Gasteiger charge is 2.21. The minimum Gasteiger partial charge on any atom is -0.491 e. The lowest BCUT2D eigenvalue weighted by atomic mass is 10.3. The molecule has 1 aromatic carbocycles. The van der Waals surface area contributed by atoms with Crippen molar-refractivity contribution < 1.29 is 9.53 Å². The maximum absolute atomic E-state index is 13.0.